The molecule has 1 aliphatic heterocycles. The van der Waals surface area contributed by atoms with Crippen LogP contribution in [-0.4, -0.2) is 54.5 Å². The van der Waals surface area contributed by atoms with Gasteiger partial charge in [-0.05, 0) is 30.3 Å². The van der Waals surface area contributed by atoms with Gasteiger partial charge in [-0.25, -0.2) is 17.8 Å². The molecule has 0 radical (unpaired) electrons. The Bertz CT molecular complexity index is 1300. The third-order valence-electron chi connectivity index (χ3n) is 4.86. The Labute approximate surface area is 177 Å². The molecule has 3 aromatic rings. The summed E-state index contributed by atoms with van der Waals surface area (Å²) in [6.45, 7) is 0.384. The van der Waals surface area contributed by atoms with E-state index in [0.29, 0.717) is 11.0 Å². The van der Waals surface area contributed by atoms with E-state index >= 15 is 0 Å². The molecule has 2 aromatic carbocycles. The molecular formula is C20H19FN4O5S. The number of aromatic nitrogens is 2. The van der Waals surface area contributed by atoms with Gasteiger partial charge in [0.1, 0.15) is 17.3 Å². The van der Waals surface area contributed by atoms with E-state index in [1.54, 1.807) is 24.3 Å². The highest BCUT2D eigenvalue weighted by atomic mass is 32.2. The normalized spacial score (nSPS) is 15.1. The van der Waals surface area contributed by atoms with Gasteiger partial charge in [-0.1, -0.05) is 12.1 Å². The monoisotopic (exact) mass is 446 g/mol. The smallest absolute Gasteiger partial charge is 0.269 e. The molecule has 0 bridgehead atoms. The summed E-state index contributed by atoms with van der Waals surface area (Å²) < 4.78 is 47.5. The summed E-state index contributed by atoms with van der Waals surface area (Å²) in [6, 6.07) is 10.2. The summed E-state index contributed by atoms with van der Waals surface area (Å²) >= 11 is 0. The Morgan fingerprint density at radius 3 is 2.68 bits per heavy atom. The Hall–Kier alpha value is -3.15. The highest BCUT2D eigenvalue weighted by molar-refractivity contribution is 7.89. The van der Waals surface area contributed by atoms with Crippen LogP contribution in [0, 0.1) is 5.82 Å². The molecule has 0 aliphatic carbocycles. The van der Waals surface area contributed by atoms with Crippen LogP contribution in [0.3, 0.4) is 0 Å². The van der Waals surface area contributed by atoms with Gasteiger partial charge >= 0.3 is 0 Å². The first-order chi connectivity index (χ1) is 14.9. The van der Waals surface area contributed by atoms with Crippen molar-refractivity contribution in [2.75, 3.05) is 31.6 Å². The Morgan fingerprint density at radius 2 is 1.90 bits per heavy atom. The average Bonchev–Trinajstić information content (AvgIpc) is 2.77. The first kappa shape index (κ1) is 21.1. The molecule has 11 heteroatoms. The third kappa shape index (κ3) is 4.33. The SMILES string of the molecule is O=C(Cn1c(=O)cnc2ccccc21)Nc1ccc(F)c(S(=O)(=O)N2CCOCC2)c1. The number of nitrogens with zero attached hydrogens (tertiary/aromatic N) is 3. The zero-order valence-corrected chi connectivity index (χ0v) is 17.1. The maximum atomic E-state index is 14.3. The van der Waals surface area contributed by atoms with E-state index in [1.807, 2.05) is 0 Å². The van der Waals surface area contributed by atoms with E-state index < -0.39 is 32.2 Å². The van der Waals surface area contributed by atoms with Gasteiger partial charge in [0.25, 0.3) is 5.56 Å². The lowest BCUT2D eigenvalue weighted by Crippen LogP contribution is -2.40. The van der Waals surface area contributed by atoms with Crippen LogP contribution in [0.4, 0.5) is 10.1 Å². The Balaban J connectivity index is 1.58. The fourth-order valence-electron chi connectivity index (χ4n) is 3.33. The molecule has 0 atom stereocenters. The van der Waals surface area contributed by atoms with Crippen molar-refractivity contribution in [3.05, 3.63) is 64.8 Å². The first-order valence-corrected chi connectivity index (χ1v) is 10.9. The van der Waals surface area contributed by atoms with Gasteiger partial charge in [0.05, 0.1) is 30.4 Å². The summed E-state index contributed by atoms with van der Waals surface area (Å²) in [4.78, 5) is 28.3. The van der Waals surface area contributed by atoms with E-state index in [-0.39, 0.29) is 38.5 Å². The van der Waals surface area contributed by atoms with Crippen molar-refractivity contribution < 1.29 is 22.3 Å². The summed E-state index contributed by atoms with van der Waals surface area (Å²) in [5.74, 6) is -1.49. The fraction of sp³-hybridized carbons (Fsp3) is 0.250. The number of sulfonamides is 1. The molecule has 1 aliphatic rings. The van der Waals surface area contributed by atoms with Crippen molar-refractivity contribution >= 4 is 32.7 Å². The quantitative estimate of drug-likeness (QED) is 0.631. The molecule has 2 heterocycles. The van der Waals surface area contributed by atoms with Crippen molar-refractivity contribution in [2.45, 2.75) is 11.4 Å². The number of hydrogen-bond donors (Lipinski definition) is 1. The van der Waals surface area contributed by atoms with Crippen LogP contribution in [0.2, 0.25) is 0 Å². The van der Waals surface area contributed by atoms with Crippen molar-refractivity contribution in [3.8, 4) is 0 Å². The molecule has 4 rings (SSSR count). The second kappa shape index (κ2) is 8.53. The molecule has 0 unspecified atom stereocenters. The summed E-state index contributed by atoms with van der Waals surface area (Å²) in [6.07, 6.45) is 1.13. The average molecular weight is 446 g/mol. The second-order valence-electron chi connectivity index (χ2n) is 6.88. The van der Waals surface area contributed by atoms with Crippen molar-refractivity contribution in [1.29, 1.82) is 0 Å². The van der Waals surface area contributed by atoms with Gasteiger partial charge in [-0.3, -0.25) is 14.2 Å². The second-order valence-corrected chi connectivity index (χ2v) is 8.79. The van der Waals surface area contributed by atoms with E-state index in [2.05, 4.69) is 10.3 Å². The number of para-hydroxylation sites is 2. The Morgan fingerprint density at radius 1 is 1.16 bits per heavy atom. The van der Waals surface area contributed by atoms with Crippen LogP contribution in [0.1, 0.15) is 0 Å². The van der Waals surface area contributed by atoms with Gasteiger partial charge in [0.2, 0.25) is 15.9 Å². The standard InChI is InChI=1S/C20H19FN4O5S/c21-15-6-5-14(11-18(15)31(28,29)24-7-9-30-10-8-24)23-19(26)13-25-17-4-2-1-3-16(17)22-12-20(25)27/h1-6,11-12H,7-10,13H2,(H,23,26). The van der Waals surface area contributed by atoms with Crippen LogP contribution in [0.5, 0.6) is 0 Å². The van der Waals surface area contributed by atoms with Gasteiger partial charge in [-0.2, -0.15) is 4.31 Å². The lowest BCUT2D eigenvalue weighted by molar-refractivity contribution is -0.116. The number of benzene rings is 2. The number of rotatable bonds is 5. The number of nitrogens with one attached hydrogen (secondary N) is 1. The predicted molar refractivity (Wildman–Crippen MR) is 111 cm³/mol. The number of hydrogen-bond acceptors (Lipinski definition) is 6. The lowest BCUT2D eigenvalue weighted by atomic mass is 10.3. The lowest BCUT2D eigenvalue weighted by Gasteiger charge is -2.26. The van der Waals surface area contributed by atoms with Crippen LogP contribution in [-0.2, 0) is 26.1 Å². The minimum Gasteiger partial charge on any atom is -0.379 e. The van der Waals surface area contributed by atoms with Gasteiger partial charge in [-0.15, -0.1) is 0 Å². The van der Waals surface area contributed by atoms with Crippen molar-refractivity contribution in [2.24, 2.45) is 0 Å². The van der Waals surface area contributed by atoms with Gasteiger partial charge < -0.3 is 10.1 Å². The zero-order chi connectivity index (χ0) is 22.0. The van der Waals surface area contributed by atoms with Crippen LogP contribution in [0.15, 0.2) is 58.4 Å². The number of carbonyl (C=O) groups excluding carboxylic acids is 1. The van der Waals surface area contributed by atoms with Gasteiger partial charge in [0, 0.05) is 18.8 Å². The fourth-order valence-corrected chi connectivity index (χ4v) is 4.83. The minimum atomic E-state index is -4.08. The van der Waals surface area contributed by atoms with Crippen molar-refractivity contribution in [3.63, 3.8) is 0 Å². The maximum Gasteiger partial charge on any atom is 0.269 e. The molecule has 1 N–H and O–H groups in total. The molecule has 1 saturated heterocycles. The van der Waals surface area contributed by atoms with Crippen LogP contribution < -0.4 is 10.9 Å². The Kier molecular flexibility index (Phi) is 5.81. The predicted octanol–water partition coefficient (Wildman–Crippen LogP) is 1.20. The summed E-state index contributed by atoms with van der Waals surface area (Å²) in [5, 5.41) is 2.53. The number of morpholine rings is 1. The maximum absolute atomic E-state index is 14.3. The molecule has 1 fully saturated rings. The number of amides is 1. The van der Waals surface area contributed by atoms with E-state index in [1.165, 1.54) is 10.6 Å². The van der Waals surface area contributed by atoms with Crippen LogP contribution in [0.25, 0.3) is 11.0 Å². The molecule has 9 nitrogen and oxygen atoms in total. The number of anilines is 1. The largest absolute Gasteiger partial charge is 0.379 e. The highest BCUT2D eigenvalue weighted by Crippen LogP contribution is 2.24. The topological polar surface area (TPSA) is 111 Å². The van der Waals surface area contributed by atoms with E-state index in [4.69, 9.17) is 4.74 Å². The molecule has 0 saturated carbocycles. The zero-order valence-electron chi connectivity index (χ0n) is 16.3. The summed E-state index contributed by atoms with van der Waals surface area (Å²) in [7, 11) is -4.08. The molecular weight excluding hydrogens is 427 g/mol. The van der Waals surface area contributed by atoms with Gasteiger partial charge in [0.15, 0.2) is 0 Å². The number of fused-ring (bicyclic) bond motifs is 1. The molecule has 1 amide bonds. The van der Waals surface area contributed by atoms with Crippen LogP contribution >= 0.6 is 0 Å². The third-order valence-corrected chi connectivity index (χ3v) is 6.77. The number of halogens is 1. The van der Waals surface area contributed by atoms with E-state index in [9.17, 15) is 22.4 Å². The molecule has 31 heavy (non-hydrogen) atoms. The highest BCUT2D eigenvalue weighted by Gasteiger charge is 2.29. The minimum absolute atomic E-state index is 0.102. The van der Waals surface area contributed by atoms with Crippen molar-refractivity contribution in [1.82, 2.24) is 13.9 Å². The molecule has 1 aromatic heterocycles. The van der Waals surface area contributed by atoms with E-state index in [0.717, 1.165) is 22.6 Å². The first-order valence-electron chi connectivity index (χ1n) is 9.48. The summed E-state index contributed by atoms with van der Waals surface area (Å²) in [5.41, 5.74) is 0.684. The number of ether oxygens (including phenoxy) is 1. The molecule has 0 spiro atoms. The molecule has 162 valence electrons. The number of carbonyl (C=O) groups is 1.